The minimum absolute atomic E-state index is 0.647. The number of fused-ring (bicyclic) bond motifs is 9. The van der Waals surface area contributed by atoms with Crippen LogP contribution in [0.3, 0.4) is 0 Å². The van der Waals surface area contributed by atoms with Crippen LogP contribution in [0.1, 0.15) is 0 Å². The maximum atomic E-state index is 6.30. The van der Waals surface area contributed by atoms with Gasteiger partial charge in [0, 0.05) is 55.2 Å². The van der Waals surface area contributed by atoms with Crippen LogP contribution in [0.25, 0.3) is 99.7 Å². The zero-order valence-electron chi connectivity index (χ0n) is 27.4. The fourth-order valence-electron chi connectivity index (χ4n) is 7.92. The van der Waals surface area contributed by atoms with Crippen LogP contribution in [-0.2, 0) is 0 Å². The Balaban J connectivity index is 1.26. The van der Waals surface area contributed by atoms with Gasteiger partial charge in [-0.1, -0.05) is 115 Å². The molecule has 0 radical (unpaired) electrons. The second-order valence-corrected chi connectivity index (χ2v) is 13.0. The summed E-state index contributed by atoms with van der Waals surface area (Å²) in [6.45, 7) is 0. The van der Waals surface area contributed by atoms with E-state index in [-0.39, 0.29) is 0 Å². The van der Waals surface area contributed by atoms with Gasteiger partial charge in [0.2, 0.25) is 0 Å². The molecule has 11 rings (SSSR count). The molecule has 11 aromatic rings. The van der Waals surface area contributed by atoms with Gasteiger partial charge in [0.15, 0.2) is 5.82 Å². The number of para-hydroxylation sites is 4. The molecule has 5 heteroatoms. The smallest absolute Gasteiger partial charge is 0.162 e. The number of rotatable bonds is 4. The second-order valence-electron chi connectivity index (χ2n) is 13.0. The molecule has 0 aliphatic rings. The van der Waals surface area contributed by atoms with Gasteiger partial charge in [0.1, 0.15) is 17.0 Å². The van der Waals surface area contributed by atoms with Crippen LogP contribution in [-0.4, -0.2) is 19.1 Å². The Morgan fingerprint density at radius 2 is 1.02 bits per heavy atom. The molecule has 238 valence electrons. The first-order chi connectivity index (χ1) is 25.3. The number of hydrogen-bond acceptors (Lipinski definition) is 3. The van der Waals surface area contributed by atoms with E-state index in [0.717, 1.165) is 66.8 Å². The van der Waals surface area contributed by atoms with Crippen molar-refractivity contribution in [2.75, 3.05) is 0 Å². The van der Waals surface area contributed by atoms with Gasteiger partial charge < -0.3 is 8.98 Å². The Morgan fingerprint density at radius 1 is 0.412 bits per heavy atom. The van der Waals surface area contributed by atoms with E-state index in [4.69, 9.17) is 14.4 Å². The quantitative estimate of drug-likeness (QED) is 0.190. The first-order valence-electron chi connectivity index (χ1n) is 17.2. The molecule has 51 heavy (non-hydrogen) atoms. The first kappa shape index (κ1) is 27.9. The van der Waals surface area contributed by atoms with Gasteiger partial charge in [0.25, 0.3) is 0 Å². The van der Waals surface area contributed by atoms with Crippen molar-refractivity contribution in [3.05, 3.63) is 170 Å². The standard InChI is InChI=1S/C46H28N4O/c1-3-14-29(15-4-1)37-27-44(48-46(47-37)34-21-13-25-43-45(34)33-20-9-12-24-42(33)51-43)50-39-23-11-8-19-32(39)36-26-35-31-18-7-10-22-38(31)49(40(35)28-41(36)50)30-16-5-2-6-17-30/h1-28H. The van der Waals surface area contributed by atoms with Crippen molar-refractivity contribution in [3.8, 4) is 34.2 Å². The highest BCUT2D eigenvalue weighted by Crippen LogP contribution is 2.41. The van der Waals surface area contributed by atoms with Crippen LogP contribution in [0.15, 0.2) is 174 Å². The summed E-state index contributed by atoms with van der Waals surface area (Å²) in [7, 11) is 0. The molecule has 0 spiro atoms. The van der Waals surface area contributed by atoms with Gasteiger partial charge in [-0.05, 0) is 48.5 Å². The summed E-state index contributed by atoms with van der Waals surface area (Å²) in [4.78, 5) is 10.7. The van der Waals surface area contributed by atoms with Crippen LogP contribution >= 0.6 is 0 Å². The van der Waals surface area contributed by atoms with E-state index < -0.39 is 0 Å². The van der Waals surface area contributed by atoms with Crippen molar-refractivity contribution in [2.45, 2.75) is 0 Å². The highest BCUT2D eigenvalue weighted by Gasteiger charge is 2.21. The summed E-state index contributed by atoms with van der Waals surface area (Å²) in [5.74, 6) is 1.45. The molecular weight excluding hydrogens is 625 g/mol. The molecule has 0 aliphatic heterocycles. The Morgan fingerprint density at radius 3 is 1.78 bits per heavy atom. The van der Waals surface area contributed by atoms with Gasteiger partial charge in [-0.3, -0.25) is 4.57 Å². The number of aromatic nitrogens is 4. The fourth-order valence-corrected chi connectivity index (χ4v) is 7.92. The predicted molar refractivity (Wildman–Crippen MR) is 209 cm³/mol. The lowest BCUT2D eigenvalue weighted by Gasteiger charge is -2.13. The molecule has 7 aromatic carbocycles. The van der Waals surface area contributed by atoms with E-state index in [1.807, 2.05) is 36.4 Å². The minimum Gasteiger partial charge on any atom is -0.456 e. The van der Waals surface area contributed by atoms with Crippen LogP contribution in [0.5, 0.6) is 0 Å². The van der Waals surface area contributed by atoms with Gasteiger partial charge in [-0.2, -0.15) is 0 Å². The largest absolute Gasteiger partial charge is 0.456 e. The Hall–Kier alpha value is -6.98. The van der Waals surface area contributed by atoms with Crippen molar-refractivity contribution in [1.29, 1.82) is 0 Å². The summed E-state index contributed by atoms with van der Waals surface area (Å²) >= 11 is 0. The lowest BCUT2D eigenvalue weighted by molar-refractivity contribution is 0.669. The molecule has 4 aromatic heterocycles. The predicted octanol–water partition coefficient (Wildman–Crippen LogP) is 11.9. The molecule has 5 nitrogen and oxygen atoms in total. The van der Waals surface area contributed by atoms with E-state index >= 15 is 0 Å². The molecule has 0 fully saturated rings. The van der Waals surface area contributed by atoms with Gasteiger partial charge >= 0.3 is 0 Å². The summed E-state index contributed by atoms with van der Waals surface area (Å²) in [5, 5.41) is 6.86. The van der Waals surface area contributed by atoms with E-state index in [1.165, 1.54) is 27.1 Å². The normalized spacial score (nSPS) is 11.9. The molecule has 0 N–H and O–H groups in total. The van der Waals surface area contributed by atoms with Gasteiger partial charge in [-0.25, -0.2) is 9.97 Å². The first-order valence-corrected chi connectivity index (χ1v) is 17.2. The maximum absolute atomic E-state index is 6.30. The average Bonchev–Trinajstić information content (AvgIpc) is 3.85. The summed E-state index contributed by atoms with van der Waals surface area (Å²) in [6, 6.07) is 59.5. The Bertz CT molecular complexity index is 3130. The SMILES string of the molecule is c1ccc(-c2cc(-n3c4ccccc4c4cc5c6ccccc6n(-c6ccccc6)c5cc43)nc(-c3cccc4oc5ccccc5c34)n2)cc1. The maximum Gasteiger partial charge on any atom is 0.162 e. The fraction of sp³-hybridized carbons (Fsp3) is 0. The number of furan rings is 1. The highest BCUT2D eigenvalue weighted by molar-refractivity contribution is 6.19. The molecule has 0 saturated heterocycles. The molecular formula is C46H28N4O. The number of nitrogens with zero attached hydrogens (tertiary/aromatic N) is 4. The van der Waals surface area contributed by atoms with E-state index in [9.17, 15) is 0 Å². The second kappa shape index (κ2) is 10.8. The van der Waals surface area contributed by atoms with Crippen LogP contribution < -0.4 is 0 Å². The van der Waals surface area contributed by atoms with Crippen molar-refractivity contribution >= 4 is 65.6 Å². The van der Waals surface area contributed by atoms with Crippen LogP contribution in [0, 0.1) is 0 Å². The zero-order chi connectivity index (χ0) is 33.5. The van der Waals surface area contributed by atoms with E-state index in [1.54, 1.807) is 0 Å². The number of benzene rings is 7. The van der Waals surface area contributed by atoms with Crippen molar-refractivity contribution < 1.29 is 4.42 Å². The summed E-state index contributed by atoms with van der Waals surface area (Å²) in [5.41, 5.74) is 10.1. The molecule has 4 heterocycles. The number of hydrogen-bond donors (Lipinski definition) is 0. The van der Waals surface area contributed by atoms with Crippen molar-refractivity contribution in [3.63, 3.8) is 0 Å². The third kappa shape index (κ3) is 4.15. The van der Waals surface area contributed by atoms with E-state index in [0.29, 0.717) is 5.82 Å². The molecule has 0 aliphatic carbocycles. The monoisotopic (exact) mass is 652 g/mol. The summed E-state index contributed by atoms with van der Waals surface area (Å²) < 4.78 is 11.0. The zero-order valence-corrected chi connectivity index (χ0v) is 27.4. The molecule has 0 unspecified atom stereocenters. The summed E-state index contributed by atoms with van der Waals surface area (Å²) in [6.07, 6.45) is 0. The van der Waals surface area contributed by atoms with Crippen molar-refractivity contribution in [2.24, 2.45) is 0 Å². The van der Waals surface area contributed by atoms with Gasteiger partial charge in [-0.15, -0.1) is 0 Å². The topological polar surface area (TPSA) is 48.8 Å². The molecule has 0 atom stereocenters. The van der Waals surface area contributed by atoms with Crippen molar-refractivity contribution in [1.82, 2.24) is 19.1 Å². The molecule has 0 amide bonds. The Labute approximate surface area is 292 Å². The average molecular weight is 653 g/mol. The van der Waals surface area contributed by atoms with Crippen LogP contribution in [0.2, 0.25) is 0 Å². The lowest BCUT2D eigenvalue weighted by atomic mass is 10.1. The van der Waals surface area contributed by atoms with E-state index in [2.05, 4.69) is 143 Å². The molecule has 0 saturated carbocycles. The van der Waals surface area contributed by atoms with Crippen LogP contribution in [0.4, 0.5) is 0 Å². The third-order valence-electron chi connectivity index (χ3n) is 10.1. The third-order valence-corrected chi connectivity index (χ3v) is 10.1. The Kier molecular flexibility index (Phi) is 5.89. The lowest BCUT2D eigenvalue weighted by Crippen LogP contribution is -2.03. The minimum atomic E-state index is 0.647. The highest BCUT2D eigenvalue weighted by atomic mass is 16.3. The molecule has 0 bridgehead atoms. The van der Waals surface area contributed by atoms with Gasteiger partial charge in [0.05, 0.1) is 27.8 Å².